The Morgan fingerprint density at radius 1 is 0.912 bits per heavy atom. The average molecular weight is 467 g/mol. The van der Waals surface area contributed by atoms with E-state index in [0.717, 1.165) is 5.75 Å². The zero-order valence-corrected chi connectivity index (χ0v) is 20.4. The minimum Gasteiger partial charge on any atom is -0.493 e. The van der Waals surface area contributed by atoms with Crippen LogP contribution in [-0.2, 0) is 14.3 Å². The molecule has 0 atom stereocenters. The Bertz CT molecular complexity index is 1010. The highest BCUT2D eigenvalue weighted by atomic mass is 16.5. The van der Waals surface area contributed by atoms with Crippen molar-refractivity contribution < 1.29 is 23.8 Å². The summed E-state index contributed by atoms with van der Waals surface area (Å²) in [7, 11) is 0. The number of carbonyl (C=O) groups is 2. The van der Waals surface area contributed by atoms with Crippen LogP contribution < -0.4 is 14.8 Å². The molecule has 1 aliphatic rings. The second kappa shape index (κ2) is 12.2. The predicted octanol–water partition coefficient (Wildman–Crippen LogP) is 4.74. The number of ether oxygens (including phenoxy) is 3. The lowest BCUT2D eigenvalue weighted by Gasteiger charge is -2.16. The van der Waals surface area contributed by atoms with Gasteiger partial charge in [-0.15, -0.1) is 0 Å². The first-order valence-corrected chi connectivity index (χ1v) is 11.9. The number of para-hydroxylation sites is 2. The van der Waals surface area contributed by atoms with Crippen molar-refractivity contribution in [2.24, 2.45) is 5.92 Å². The number of carbonyl (C=O) groups excluding carboxylic acids is 2. The zero-order valence-electron chi connectivity index (χ0n) is 20.4. The SMILES string of the molecule is CCOCCCN1C(=O)C(Nc2ccccc2OCC)=C(c2ccc(OCC(C)C)cc2)C1=O. The van der Waals surface area contributed by atoms with Crippen LogP contribution in [0.25, 0.3) is 5.57 Å². The summed E-state index contributed by atoms with van der Waals surface area (Å²) in [5.74, 6) is 1.06. The lowest BCUT2D eigenvalue weighted by atomic mass is 10.0. The molecular weight excluding hydrogens is 432 g/mol. The molecule has 0 aliphatic carbocycles. The highest BCUT2D eigenvalue weighted by Gasteiger charge is 2.39. The molecule has 1 heterocycles. The molecule has 1 aliphatic heterocycles. The van der Waals surface area contributed by atoms with Crippen LogP contribution in [0.4, 0.5) is 5.69 Å². The van der Waals surface area contributed by atoms with Gasteiger partial charge in [0.1, 0.15) is 17.2 Å². The van der Waals surface area contributed by atoms with Gasteiger partial charge in [0, 0.05) is 19.8 Å². The van der Waals surface area contributed by atoms with Crippen LogP contribution >= 0.6 is 0 Å². The van der Waals surface area contributed by atoms with Gasteiger partial charge in [-0.1, -0.05) is 38.1 Å². The third-order valence-electron chi connectivity index (χ3n) is 5.22. The summed E-state index contributed by atoms with van der Waals surface area (Å²) < 4.78 is 16.9. The van der Waals surface area contributed by atoms with Gasteiger partial charge in [-0.3, -0.25) is 14.5 Å². The molecule has 0 bridgehead atoms. The van der Waals surface area contributed by atoms with Crippen molar-refractivity contribution in [3.63, 3.8) is 0 Å². The number of nitrogens with one attached hydrogen (secondary N) is 1. The van der Waals surface area contributed by atoms with Crippen LogP contribution in [0.5, 0.6) is 11.5 Å². The topological polar surface area (TPSA) is 77.1 Å². The molecule has 0 fully saturated rings. The molecule has 0 saturated carbocycles. The maximum Gasteiger partial charge on any atom is 0.278 e. The molecule has 182 valence electrons. The number of rotatable bonds is 13. The Balaban J connectivity index is 1.93. The lowest BCUT2D eigenvalue weighted by molar-refractivity contribution is -0.137. The Kier molecular flexibility index (Phi) is 9.10. The van der Waals surface area contributed by atoms with E-state index in [1.165, 1.54) is 4.90 Å². The second-order valence-electron chi connectivity index (χ2n) is 8.35. The van der Waals surface area contributed by atoms with Gasteiger partial charge in [0.05, 0.1) is 24.5 Å². The molecule has 0 aromatic heterocycles. The van der Waals surface area contributed by atoms with Gasteiger partial charge in [-0.05, 0) is 56.0 Å². The van der Waals surface area contributed by atoms with Crippen LogP contribution in [0.2, 0.25) is 0 Å². The van der Waals surface area contributed by atoms with E-state index in [1.54, 1.807) is 0 Å². The van der Waals surface area contributed by atoms with E-state index in [-0.39, 0.29) is 24.1 Å². The molecule has 7 heteroatoms. The average Bonchev–Trinajstić information content (AvgIpc) is 3.06. The monoisotopic (exact) mass is 466 g/mol. The summed E-state index contributed by atoms with van der Waals surface area (Å²) in [5, 5.41) is 3.19. The van der Waals surface area contributed by atoms with E-state index in [2.05, 4.69) is 19.2 Å². The van der Waals surface area contributed by atoms with Crippen LogP contribution in [0.3, 0.4) is 0 Å². The van der Waals surface area contributed by atoms with E-state index in [0.29, 0.717) is 61.3 Å². The van der Waals surface area contributed by atoms with Crippen molar-refractivity contribution >= 4 is 23.1 Å². The van der Waals surface area contributed by atoms with E-state index >= 15 is 0 Å². The summed E-state index contributed by atoms with van der Waals surface area (Å²) in [4.78, 5) is 28.0. The highest BCUT2D eigenvalue weighted by molar-refractivity contribution is 6.36. The van der Waals surface area contributed by atoms with Gasteiger partial charge in [0.25, 0.3) is 11.8 Å². The number of hydrogen-bond acceptors (Lipinski definition) is 6. The maximum absolute atomic E-state index is 13.4. The van der Waals surface area contributed by atoms with Crippen molar-refractivity contribution in [1.29, 1.82) is 0 Å². The molecule has 2 amide bonds. The minimum atomic E-state index is -0.358. The van der Waals surface area contributed by atoms with Crippen molar-refractivity contribution in [2.45, 2.75) is 34.1 Å². The van der Waals surface area contributed by atoms with Crippen LogP contribution in [0, 0.1) is 5.92 Å². The fraction of sp³-hybridized carbons (Fsp3) is 0.407. The highest BCUT2D eigenvalue weighted by Crippen LogP contribution is 2.34. The van der Waals surface area contributed by atoms with Crippen molar-refractivity contribution in [1.82, 2.24) is 4.90 Å². The third-order valence-corrected chi connectivity index (χ3v) is 5.22. The molecule has 0 unspecified atom stereocenters. The van der Waals surface area contributed by atoms with Gasteiger partial charge in [0.15, 0.2) is 0 Å². The van der Waals surface area contributed by atoms with Crippen molar-refractivity contribution in [3.05, 3.63) is 59.8 Å². The molecule has 34 heavy (non-hydrogen) atoms. The van der Waals surface area contributed by atoms with Gasteiger partial charge < -0.3 is 19.5 Å². The Morgan fingerprint density at radius 3 is 2.32 bits per heavy atom. The molecular formula is C27H34N2O5. The van der Waals surface area contributed by atoms with E-state index < -0.39 is 0 Å². The first kappa shape index (κ1) is 25.3. The number of benzene rings is 2. The molecule has 0 saturated heterocycles. The molecule has 0 spiro atoms. The number of imide groups is 1. The van der Waals surface area contributed by atoms with Gasteiger partial charge in [0.2, 0.25) is 0 Å². The summed E-state index contributed by atoms with van der Waals surface area (Å²) in [6.45, 7) is 10.4. The molecule has 0 radical (unpaired) electrons. The second-order valence-corrected chi connectivity index (χ2v) is 8.35. The first-order chi connectivity index (χ1) is 16.5. The number of amides is 2. The largest absolute Gasteiger partial charge is 0.493 e. The fourth-order valence-corrected chi connectivity index (χ4v) is 3.60. The Labute approximate surface area is 201 Å². The zero-order chi connectivity index (χ0) is 24.5. The fourth-order valence-electron chi connectivity index (χ4n) is 3.60. The summed E-state index contributed by atoms with van der Waals surface area (Å²) in [6.07, 6.45) is 0.573. The Morgan fingerprint density at radius 2 is 1.65 bits per heavy atom. The molecule has 2 aromatic carbocycles. The van der Waals surface area contributed by atoms with Crippen LogP contribution in [-0.4, -0.2) is 49.7 Å². The van der Waals surface area contributed by atoms with Crippen LogP contribution in [0.1, 0.15) is 39.7 Å². The number of hydrogen-bond donors (Lipinski definition) is 1. The minimum absolute atomic E-state index is 0.240. The normalized spacial score (nSPS) is 13.7. The summed E-state index contributed by atoms with van der Waals surface area (Å²) in [5.41, 5.74) is 1.86. The van der Waals surface area contributed by atoms with E-state index in [4.69, 9.17) is 14.2 Å². The quantitative estimate of drug-likeness (QED) is 0.339. The van der Waals surface area contributed by atoms with Crippen molar-refractivity contribution in [2.75, 3.05) is 38.3 Å². The molecule has 2 aromatic rings. The number of nitrogens with zero attached hydrogens (tertiary/aromatic N) is 1. The first-order valence-electron chi connectivity index (χ1n) is 11.9. The summed E-state index contributed by atoms with van der Waals surface area (Å²) in [6, 6.07) is 14.7. The van der Waals surface area contributed by atoms with Crippen LogP contribution in [0.15, 0.2) is 54.2 Å². The lowest BCUT2D eigenvalue weighted by Crippen LogP contribution is -2.34. The third kappa shape index (κ3) is 6.17. The Hall–Kier alpha value is -3.32. The molecule has 1 N–H and O–H groups in total. The smallest absolute Gasteiger partial charge is 0.278 e. The van der Waals surface area contributed by atoms with E-state index in [1.807, 2.05) is 62.4 Å². The summed E-state index contributed by atoms with van der Waals surface area (Å²) >= 11 is 0. The maximum atomic E-state index is 13.4. The van der Waals surface area contributed by atoms with Gasteiger partial charge >= 0.3 is 0 Å². The standard InChI is InChI=1S/C27H34N2O5/c1-5-32-17-9-16-29-26(30)24(20-12-14-21(15-13-20)34-18-19(3)4)25(27(29)31)28-22-10-7-8-11-23(22)33-6-2/h7-8,10-15,19,28H,5-6,9,16-18H2,1-4H3. The molecule has 3 rings (SSSR count). The van der Waals surface area contributed by atoms with Gasteiger partial charge in [-0.2, -0.15) is 0 Å². The predicted molar refractivity (Wildman–Crippen MR) is 133 cm³/mol. The van der Waals surface area contributed by atoms with Gasteiger partial charge in [-0.25, -0.2) is 0 Å². The van der Waals surface area contributed by atoms with E-state index in [9.17, 15) is 9.59 Å². The van der Waals surface area contributed by atoms with Crippen molar-refractivity contribution in [3.8, 4) is 11.5 Å². The molecule has 7 nitrogen and oxygen atoms in total. The number of anilines is 1.